The highest BCUT2D eigenvalue weighted by atomic mass is 32.2. The predicted octanol–water partition coefficient (Wildman–Crippen LogP) is 4.62. The van der Waals surface area contributed by atoms with Crippen LogP contribution in [-0.4, -0.2) is 22.4 Å². The van der Waals surface area contributed by atoms with E-state index in [1.54, 1.807) is 24.1 Å². The molecule has 114 valence electrons. The number of benzene rings is 2. The Labute approximate surface area is 132 Å². The number of phenols is 1. The molecule has 5 heteroatoms. The maximum atomic E-state index is 10.3. The molecule has 1 heterocycles. The lowest BCUT2D eigenvalue weighted by Gasteiger charge is -2.08. The molecular formula is C17H16O4S. The number of thioether (sulfide) groups is 1. The summed E-state index contributed by atoms with van der Waals surface area (Å²) in [6.07, 6.45) is 3.61. The first kappa shape index (κ1) is 16.0. The lowest BCUT2D eigenvalue weighted by atomic mass is 10.0. The molecule has 0 radical (unpaired) electrons. The van der Waals surface area contributed by atoms with E-state index in [1.165, 1.54) is 0 Å². The van der Waals surface area contributed by atoms with Crippen molar-refractivity contribution in [1.82, 2.24) is 0 Å². The highest BCUT2D eigenvalue weighted by Crippen LogP contribution is 2.41. The topological polar surface area (TPSA) is 70.7 Å². The molecule has 0 spiro atoms. The standard InChI is InChI=1S/C15H12O2S.C2H4O2/c1-18-13-9-12(10-5-3-2-4-6-10)14(16)11-7-8-17-15(11)13;1-2(3)4/h2-9,16H,1H3;1H3,(H,3,4). The summed E-state index contributed by atoms with van der Waals surface area (Å²) in [4.78, 5) is 10.0. The van der Waals surface area contributed by atoms with Crippen LogP contribution in [0.5, 0.6) is 5.75 Å². The molecule has 0 aliphatic rings. The van der Waals surface area contributed by atoms with Crippen molar-refractivity contribution < 1.29 is 19.4 Å². The number of aromatic hydroxyl groups is 1. The van der Waals surface area contributed by atoms with E-state index in [0.717, 1.165) is 33.9 Å². The SMILES string of the molecule is CC(=O)O.CSc1cc(-c2ccccc2)c(O)c2ccoc12. The second-order valence-electron chi connectivity index (χ2n) is 4.52. The Balaban J connectivity index is 0.000000396. The van der Waals surface area contributed by atoms with Gasteiger partial charge in [0.15, 0.2) is 5.58 Å². The van der Waals surface area contributed by atoms with Gasteiger partial charge in [-0.1, -0.05) is 30.3 Å². The van der Waals surface area contributed by atoms with E-state index in [-0.39, 0.29) is 5.75 Å². The molecule has 0 fully saturated rings. The summed E-state index contributed by atoms with van der Waals surface area (Å²) < 4.78 is 5.43. The van der Waals surface area contributed by atoms with Crippen molar-refractivity contribution in [3.05, 3.63) is 48.7 Å². The lowest BCUT2D eigenvalue weighted by Crippen LogP contribution is -1.82. The molecule has 3 rings (SSSR count). The van der Waals surface area contributed by atoms with Crippen LogP contribution in [0.15, 0.2) is 58.0 Å². The Morgan fingerprint density at radius 1 is 1.18 bits per heavy atom. The molecule has 2 N–H and O–H groups in total. The third-order valence-corrected chi connectivity index (χ3v) is 3.72. The fourth-order valence-corrected chi connectivity index (χ4v) is 2.67. The molecule has 0 bridgehead atoms. The van der Waals surface area contributed by atoms with Gasteiger partial charge in [-0.05, 0) is 24.0 Å². The van der Waals surface area contributed by atoms with Gasteiger partial charge in [-0.3, -0.25) is 4.79 Å². The van der Waals surface area contributed by atoms with Gasteiger partial charge < -0.3 is 14.6 Å². The molecule has 0 aliphatic carbocycles. The molecule has 0 amide bonds. The predicted molar refractivity (Wildman–Crippen MR) is 88.4 cm³/mol. The zero-order valence-corrected chi connectivity index (χ0v) is 13.1. The monoisotopic (exact) mass is 316 g/mol. The molecule has 0 unspecified atom stereocenters. The molecule has 1 aromatic heterocycles. The number of fused-ring (bicyclic) bond motifs is 1. The van der Waals surface area contributed by atoms with Crippen LogP contribution in [0.25, 0.3) is 22.1 Å². The van der Waals surface area contributed by atoms with Crippen molar-refractivity contribution in [3.8, 4) is 16.9 Å². The number of aliphatic carboxylic acids is 1. The van der Waals surface area contributed by atoms with E-state index in [9.17, 15) is 5.11 Å². The summed E-state index contributed by atoms with van der Waals surface area (Å²) in [5.74, 6) is -0.553. The zero-order valence-electron chi connectivity index (χ0n) is 12.2. The van der Waals surface area contributed by atoms with Crippen LogP contribution in [0.1, 0.15) is 6.92 Å². The van der Waals surface area contributed by atoms with E-state index in [0.29, 0.717) is 0 Å². The van der Waals surface area contributed by atoms with Crippen molar-refractivity contribution in [2.75, 3.05) is 6.26 Å². The summed E-state index contributed by atoms with van der Waals surface area (Å²) in [5, 5.41) is 18.5. The Morgan fingerprint density at radius 3 is 2.41 bits per heavy atom. The Kier molecular flexibility index (Phi) is 5.12. The van der Waals surface area contributed by atoms with E-state index in [2.05, 4.69) is 0 Å². The van der Waals surface area contributed by atoms with Crippen molar-refractivity contribution in [2.24, 2.45) is 0 Å². The Morgan fingerprint density at radius 2 is 1.82 bits per heavy atom. The minimum absolute atomic E-state index is 0.280. The molecule has 0 saturated heterocycles. The second-order valence-corrected chi connectivity index (χ2v) is 5.37. The van der Waals surface area contributed by atoms with Crippen molar-refractivity contribution >= 4 is 28.7 Å². The van der Waals surface area contributed by atoms with Crippen LogP contribution >= 0.6 is 11.8 Å². The van der Waals surface area contributed by atoms with E-state index in [1.807, 2.05) is 42.7 Å². The Hall–Kier alpha value is -2.40. The van der Waals surface area contributed by atoms with E-state index < -0.39 is 5.97 Å². The number of phenolic OH excluding ortho intramolecular Hbond substituents is 1. The molecule has 3 aromatic rings. The summed E-state index contributed by atoms with van der Waals surface area (Å²) in [6, 6.07) is 13.7. The summed E-state index contributed by atoms with van der Waals surface area (Å²) >= 11 is 1.62. The number of carboxylic acids is 1. The molecule has 2 aromatic carbocycles. The maximum Gasteiger partial charge on any atom is 0.300 e. The largest absolute Gasteiger partial charge is 0.507 e. The van der Waals surface area contributed by atoms with Crippen LogP contribution in [0.3, 0.4) is 0 Å². The van der Waals surface area contributed by atoms with Gasteiger partial charge in [0, 0.05) is 12.5 Å². The van der Waals surface area contributed by atoms with Gasteiger partial charge in [0.2, 0.25) is 0 Å². The molecule has 22 heavy (non-hydrogen) atoms. The van der Waals surface area contributed by atoms with Crippen LogP contribution in [0, 0.1) is 0 Å². The number of hydrogen-bond donors (Lipinski definition) is 2. The number of rotatable bonds is 2. The zero-order chi connectivity index (χ0) is 16.1. The van der Waals surface area contributed by atoms with Gasteiger partial charge in [-0.15, -0.1) is 11.8 Å². The first-order valence-electron chi connectivity index (χ1n) is 6.56. The minimum atomic E-state index is -0.833. The summed E-state index contributed by atoms with van der Waals surface area (Å²) in [6.45, 7) is 1.08. The van der Waals surface area contributed by atoms with Crippen LogP contribution < -0.4 is 0 Å². The lowest BCUT2D eigenvalue weighted by molar-refractivity contribution is -0.134. The number of hydrogen-bond acceptors (Lipinski definition) is 4. The average molecular weight is 316 g/mol. The van der Waals surface area contributed by atoms with Crippen LogP contribution in [-0.2, 0) is 4.79 Å². The van der Waals surface area contributed by atoms with Gasteiger partial charge >= 0.3 is 0 Å². The van der Waals surface area contributed by atoms with Crippen molar-refractivity contribution in [1.29, 1.82) is 0 Å². The van der Waals surface area contributed by atoms with Gasteiger partial charge in [-0.2, -0.15) is 0 Å². The Bertz CT molecular complexity index is 774. The molecule has 0 atom stereocenters. The van der Waals surface area contributed by atoms with Crippen LogP contribution in [0.4, 0.5) is 0 Å². The molecule has 4 nitrogen and oxygen atoms in total. The number of carboxylic acid groups (broad SMARTS) is 1. The van der Waals surface area contributed by atoms with Gasteiger partial charge in [0.1, 0.15) is 5.75 Å². The molecule has 0 saturated carbocycles. The van der Waals surface area contributed by atoms with E-state index >= 15 is 0 Å². The van der Waals surface area contributed by atoms with Gasteiger partial charge in [0.25, 0.3) is 5.97 Å². The highest BCUT2D eigenvalue weighted by Gasteiger charge is 2.14. The fourth-order valence-electron chi connectivity index (χ4n) is 2.09. The third kappa shape index (κ3) is 3.43. The van der Waals surface area contributed by atoms with Gasteiger partial charge in [-0.25, -0.2) is 0 Å². The molecule has 0 aliphatic heterocycles. The fraction of sp³-hybridized carbons (Fsp3) is 0.118. The minimum Gasteiger partial charge on any atom is -0.507 e. The first-order chi connectivity index (χ1) is 10.5. The smallest absolute Gasteiger partial charge is 0.300 e. The quantitative estimate of drug-likeness (QED) is 0.675. The summed E-state index contributed by atoms with van der Waals surface area (Å²) in [7, 11) is 0. The highest BCUT2D eigenvalue weighted by molar-refractivity contribution is 7.98. The summed E-state index contributed by atoms with van der Waals surface area (Å²) in [5.41, 5.74) is 2.60. The number of carbonyl (C=O) groups is 1. The second kappa shape index (κ2) is 7.04. The molecular weight excluding hydrogens is 300 g/mol. The first-order valence-corrected chi connectivity index (χ1v) is 7.79. The normalized spacial score (nSPS) is 10.1. The average Bonchev–Trinajstić information content (AvgIpc) is 2.98. The maximum absolute atomic E-state index is 10.3. The number of furan rings is 1. The van der Waals surface area contributed by atoms with Gasteiger partial charge in [0.05, 0.1) is 16.5 Å². The van der Waals surface area contributed by atoms with Crippen molar-refractivity contribution in [3.63, 3.8) is 0 Å². The van der Waals surface area contributed by atoms with Crippen molar-refractivity contribution in [2.45, 2.75) is 11.8 Å². The van der Waals surface area contributed by atoms with E-state index in [4.69, 9.17) is 14.3 Å². The van der Waals surface area contributed by atoms with Crippen LogP contribution in [0.2, 0.25) is 0 Å². The third-order valence-electron chi connectivity index (χ3n) is 2.98.